The highest BCUT2D eigenvalue weighted by atomic mass is 79.9. The van der Waals surface area contributed by atoms with Gasteiger partial charge in [0.05, 0.1) is 5.56 Å². The summed E-state index contributed by atoms with van der Waals surface area (Å²) in [6.07, 6.45) is -4.55. The smallest absolute Gasteiger partial charge is 0.308 e. The molecule has 1 nitrogen and oxygen atoms in total. The van der Waals surface area contributed by atoms with E-state index in [9.17, 15) is 17.6 Å². The van der Waals surface area contributed by atoms with Gasteiger partial charge in [-0.15, -0.1) is 11.3 Å². The van der Waals surface area contributed by atoms with Crippen molar-refractivity contribution in [1.82, 2.24) is 5.32 Å². The van der Waals surface area contributed by atoms with Gasteiger partial charge in [-0.1, -0.05) is 6.07 Å². The molecular weight excluding hydrogens is 358 g/mol. The van der Waals surface area contributed by atoms with Crippen molar-refractivity contribution in [3.8, 4) is 0 Å². The molecule has 0 aliphatic carbocycles. The summed E-state index contributed by atoms with van der Waals surface area (Å²) < 4.78 is 52.2. The van der Waals surface area contributed by atoms with Gasteiger partial charge in [-0.2, -0.15) is 13.2 Å². The van der Waals surface area contributed by atoms with Crippen LogP contribution in [0.2, 0.25) is 0 Å². The number of halogens is 5. The van der Waals surface area contributed by atoms with Gasteiger partial charge in [-0.25, -0.2) is 4.39 Å². The van der Waals surface area contributed by atoms with E-state index in [1.807, 2.05) is 11.4 Å². The second-order valence-electron chi connectivity index (χ2n) is 4.13. The lowest BCUT2D eigenvalue weighted by Crippen LogP contribution is -2.17. The highest BCUT2D eigenvalue weighted by molar-refractivity contribution is 9.10. The summed E-state index contributed by atoms with van der Waals surface area (Å²) in [5.74, 6) is -0.886. The molecule has 1 aromatic carbocycles. The zero-order valence-corrected chi connectivity index (χ0v) is 12.5. The molecule has 0 aliphatic rings. The highest BCUT2D eigenvalue weighted by Crippen LogP contribution is 2.32. The van der Waals surface area contributed by atoms with Crippen LogP contribution in [0.25, 0.3) is 0 Å². The molecular formula is C13H10BrF4NS. The Morgan fingerprint density at radius 2 is 1.90 bits per heavy atom. The molecule has 2 rings (SSSR count). The van der Waals surface area contributed by atoms with Gasteiger partial charge in [-0.3, -0.25) is 0 Å². The fourth-order valence-corrected chi connectivity index (χ4v) is 3.15. The summed E-state index contributed by atoms with van der Waals surface area (Å²) in [6, 6.07) is 4.62. The average Bonchev–Trinajstić information content (AvgIpc) is 2.76. The average molecular weight is 368 g/mol. The molecule has 0 atom stereocenters. The third-order valence-electron chi connectivity index (χ3n) is 2.61. The van der Waals surface area contributed by atoms with Crippen LogP contribution in [0.3, 0.4) is 0 Å². The van der Waals surface area contributed by atoms with Crippen molar-refractivity contribution in [3.63, 3.8) is 0 Å². The minimum atomic E-state index is -4.55. The van der Waals surface area contributed by atoms with Crippen molar-refractivity contribution in [3.05, 3.63) is 55.9 Å². The first kappa shape index (κ1) is 15.5. The van der Waals surface area contributed by atoms with E-state index in [4.69, 9.17) is 0 Å². The van der Waals surface area contributed by atoms with Crippen LogP contribution in [0.1, 0.15) is 16.0 Å². The molecule has 0 spiro atoms. The Labute approximate surface area is 125 Å². The SMILES string of the molecule is Fc1ccc(CNCc2cc(Br)cs2)c(C(F)(F)F)c1. The summed E-state index contributed by atoms with van der Waals surface area (Å²) in [5.41, 5.74) is -0.896. The molecule has 0 amide bonds. The standard InChI is InChI=1S/C13H10BrF4NS/c14-9-3-11(20-7-9)6-19-5-8-1-2-10(15)4-12(8)13(16,17)18/h1-4,7,19H,5-6H2. The second kappa shape index (κ2) is 6.24. The van der Waals surface area contributed by atoms with E-state index in [2.05, 4.69) is 21.2 Å². The summed E-state index contributed by atoms with van der Waals surface area (Å²) in [5, 5.41) is 4.83. The molecule has 1 aromatic heterocycles. The van der Waals surface area contributed by atoms with E-state index in [0.29, 0.717) is 12.6 Å². The molecule has 20 heavy (non-hydrogen) atoms. The molecule has 0 unspecified atom stereocenters. The molecule has 108 valence electrons. The van der Waals surface area contributed by atoms with Crippen molar-refractivity contribution in [2.75, 3.05) is 0 Å². The summed E-state index contributed by atoms with van der Waals surface area (Å²) >= 11 is 4.81. The highest BCUT2D eigenvalue weighted by Gasteiger charge is 2.33. The van der Waals surface area contributed by atoms with Crippen LogP contribution < -0.4 is 5.32 Å². The molecule has 0 fully saturated rings. The fraction of sp³-hybridized carbons (Fsp3) is 0.231. The minimum Gasteiger partial charge on any atom is -0.308 e. The third kappa shape index (κ3) is 4.04. The van der Waals surface area contributed by atoms with Crippen molar-refractivity contribution < 1.29 is 17.6 Å². The largest absolute Gasteiger partial charge is 0.416 e. The fourth-order valence-electron chi connectivity index (χ4n) is 1.73. The predicted octanol–water partition coefficient (Wildman–Crippen LogP) is 4.96. The van der Waals surface area contributed by atoms with Gasteiger partial charge < -0.3 is 5.32 Å². The normalized spacial score (nSPS) is 11.8. The lowest BCUT2D eigenvalue weighted by molar-refractivity contribution is -0.138. The topological polar surface area (TPSA) is 12.0 Å². The number of hydrogen-bond acceptors (Lipinski definition) is 2. The van der Waals surface area contributed by atoms with Gasteiger partial charge in [0.1, 0.15) is 5.82 Å². The van der Waals surface area contributed by atoms with Gasteiger partial charge in [0.25, 0.3) is 0 Å². The second-order valence-corrected chi connectivity index (χ2v) is 6.05. The lowest BCUT2D eigenvalue weighted by Gasteiger charge is -2.13. The summed E-state index contributed by atoms with van der Waals surface area (Å²) in [6.45, 7) is 0.496. The van der Waals surface area contributed by atoms with Gasteiger partial charge in [-0.05, 0) is 39.7 Å². The van der Waals surface area contributed by atoms with Crippen LogP contribution >= 0.6 is 27.3 Å². The molecule has 0 bridgehead atoms. The van der Waals surface area contributed by atoms with E-state index >= 15 is 0 Å². The van der Waals surface area contributed by atoms with Gasteiger partial charge in [0.2, 0.25) is 0 Å². The Bertz CT molecular complexity index is 594. The zero-order valence-electron chi connectivity index (χ0n) is 10.1. The number of hydrogen-bond donors (Lipinski definition) is 1. The molecule has 2 aromatic rings. The molecule has 7 heteroatoms. The predicted molar refractivity (Wildman–Crippen MR) is 74.0 cm³/mol. The van der Waals surface area contributed by atoms with E-state index in [0.717, 1.165) is 21.5 Å². The zero-order chi connectivity index (χ0) is 14.8. The molecule has 1 heterocycles. The van der Waals surface area contributed by atoms with Crippen LogP contribution in [0.4, 0.5) is 17.6 Å². The number of nitrogens with one attached hydrogen (secondary N) is 1. The Kier molecular flexibility index (Phi) is 4.82. The first-order valence-electron chi connectivity index (χ1n) is 5.65. The molecule has 0 saturated heterocycles. The first-order chi connectivity index (χ1) is 9.36. The van der Waals surface area contributed by atoms with Gasteiger partial charge in [0, 0.05) is 27.8 Å². The number of benzene rings is 1. The molecule has 0 radical (unpaired) electrons. The summed E-state index contributed by atoms with van der Waals surface area (Å²) in [7, 11) is 0. The maximum Gasteiger partial charge on any atom is 0.416 e. The maximum absolute atomic E-state index is 12.9. The Morgan fingerprint density at radius 3 is 2.50 bits per heavy atom. The quantitative estimate of drug-likeness (QED) is 0.753. The minimum absolute atomic E-state index is 0.0324. The van der Waals surface area contributed by atoms with Gasteiger partial charge in [0.15, 0.2) is 0 Å². The number of alkyl halides is 3. The maximum atomic E-state index is 12.9. The van der Waals surface area contributed by atoms with E-state index in [1.54, 1.807) is 0 Å². The van der Waals surface area contributed by atoms with Crippen molar-refractivity contribution >= 4 is 27.3 Å². The van der Waals surface area contributed by atoms with Crippen LogP contribution in [0.15, 0.2) is 34.1 Å². The Balaban J connectivity index is 2.06. The van der Waals surface area contributed by atoms with Crippen LogP contribution in [-0.2, 0) is 19.3 Å². The Hall–Kier alpha value is -0.920. The van der Waals surface area contributed by atoms with Crippen LogP contribution in [0.5, 0.6) is 0 Å². The summed E-state index contributed by atoms with van der Waals surface area (Å²) in [4.78, 5) is 1.01. The van der Waals surface area contributed by atoms with Crippen molar-refractivity contribution in [2.45, 2.75) is 19.3 Å². The van der Waals surface area contributed by atoms with E-state index < -0.39 is 17.6 Å². The number of thiophene rings is 1. The molecule has 0 saturated carbocycles. The first-order valence-corrected chi connectivity index (χ1v) is 7.33. The van der Waals surface area contributed by atoms with Gasteiger partial charge >= 0.3 is 6.18 Å². The van der Waals surface area contributed by atoms with E-state index in [-0.39, 0.29) is 12.1 Å². The van der Waals surface area contributed by atoms with Crippen molar-refractivity contribution in [1.29, 1.82) is 0 Å². The van der Waals surface area contributed by atoms with Crippen molar-refractivity contribution in [2.24, 2.45) is 0 Å². The lowest BCUT2D eigenvalue weighted by atomic mass is 10.1. The Morgan fingerprint density at radius 1 is 1.15 bits per heavy atom. The molecule has 0 aliphatic heterocycles. The monoisotopic (exact) mass is 367 g/mol. The van der Waals surface area contributed by atoms with Crippen LogP contribution in [0, 0.1) is 5.82 Å². The molecule has 1 N–H and O–H groups in total. The number of rotatable bonds is 4. The van der Waals surface area contributed by atoms with Crippen LogP contribution in [-0.4, -0.2) is 0 Å². The van der Waals surface area contributed by atoms with E-state index in [1.165, 1.54) is 11.3 Å². The third-order valence-corrected chi connectivity index (χ3v) is 4.31.